The molecule has 0 bridgehead atoms. The smallest absolute Gasteiger partial charge is 0.232 e. The van der Waals surface area contributed by atoms with Crippen LogP contribution >= 0.6 is 11.3 Å². The van der Waals surface area contributed by atoms with Crippen LogP contribution in [0.2, 0.25) is 0 Å². The molecule has 5 N–H and O–H groups in total. The van der Waals surface area contributed by atoms with Crippen LogP contribution in [0.4, 0.5) is 5.13 Å². The molecule has 0 spiro atoms. The molecular weight excluding hydrogens is 500 g/mol. The lowest BCUT2D eigenvalue weighted by Crippen LogP contribution is -2.93. The van der Waals surface area contributed by atoms with Gasteiger partial charge in [-0.2, -0.15) is 5.43 Å². The number of allylic oxidation sites excluding steroid dienone is 7. The Morgan fingerprint density at radius 2 is 1.89 bits per heavy atom. The summed E-state index contributed by atoms with van der Waals surface area (Å²) in [6.45, 7) is 0. The summed E-state index contributed by atoms with van der Waals surface area (Å²) in [5.74, 6) is 2.68. The molecule has 1 fully saturated rings. The number of unbranched alkanes of at least 4 members (excludes halogenated alkanes) is 1. The van der Waals surface area contributed by atoms with Crippen molar-refractivity contribution in [3.05, 3.63) is 88.6 Å². The van der Waals surface area contributed by atoms with Crippen LogP contribution in [0.3, 0.4) is 0 Å². The second-order valence-corrected chi connectivity index (χ2v) is 10.8. The van der Waals surface area contributed by atoms with E-state index < -0.39 is 0 Å². The number of carbonyl (C=O) groups excluding carboxylic acids is 2. The molecule has 1 aromatic heterocycles. The van der Waals surface area contributed by atoms with E-state index in [0.717, 1.165) is 53.5 Å². The van der Waals surface area contributed by atoms with E-state index in [1.165, 1.54) is 11.3 Å². The molecule has 10 heteroatoms. The predicted molar refractivity (Wildman–Crippen MR) is 145 cm³/mol. The van der Waals surface area contributed by atoms with Crippen LogP contribution in [0.25, 0.3) is 0 Å². The Morgan fingerprint density at radius 3 is 2.68 bits per heavy atom. The number of ether oxygens (including phenoxy) is 1. The van der Waals surface area contributed by atoms with E-state index in [4.69, 9.17) is 4.74 Å². The molecule has 2 aromatic rings. The molecule has 2 aliphatic carbocycles. The summed E-state index contributed by atoms with van der Waals surface area (Å²) < 4.78 is 5.43. The minimum absolute atomic E-state index is 0.0220. The van der Waals surface area contributed by atoms with Crippen molar-refractivity contribution in [3.8, 4) is 0 Å². The number of anilines is 1. The van der Waals surface area contributed by atoms with E-state index in [1.807, 2.05) is 60.1 Å². The minimum Gasteiger partial charge on any atom is -0.501 e. The number of benzene rings is 1. The monoisotopic (exact) mass is 533 g/mol. The number of quaternary nitrogens is 1. The summed E-state index contributed by atoms with van der Waals surface area (Å²) in [5, 5.41) is 15.7. The van der Waals surface area contributed by atoms with Crippen LogP contribution in [-0.4, -0.2) is 29.1 Å². The molecule has 5 rings (SSSR count). The van der Waals surface area contributed by atoms with Gasteiger partial charge in [0.05, 0.1) is 25.0 Å². The van der Waals surface area contributed by atoms with Crippen LogP contribution < -0.4 is 21.5 Å². The van der Waals surface area contributed by atoms with Crippen molar-refractivity contribution in [1.29, 1.82) is 0 Å². The molecule has 0 radical (unpaired) electrons. The highest BCUT2D eigenvalue weighted by atomic mass is 32.1. The molecule has 1 aliphatic heterocycles. The van der Waals surface area contributed by atoms with Crippen molar-refractivity contribution in [1.82, 2.24) is 20.9 Å². The molecule has 1 saturated carbocycles. The van der Waals surface area contributed by atoms with Gasteiger partial charge in [-0.1, -0.05) is 53.8 Å². The fourth-order valence-corrected chi connectivity index (χ4v) is 5.78. The van der Waals surface area contributed by atoms with E-state index >= 15 is 0 Å². The van der Waals surface area contributed by atoms with Gasteiger partial charge in [0.1, 0.15) is 5.01 Å². The Kier molecular flexibility index (Phi) is 8.30. The van der Waals surface area contributed by atoms with E-state index in [-0.39, 0.29) is 11.8 Å². The Balaban J connectivity index is 0.983. The number of rotatable bonds is 12. The van der Waals surface area contributed by atoms with E-state index in [2.05, 4.69) is 32.3 Å². The van der Waals surface area contributed by atoms with E-state index in [1.54, 1.807) is 7.11 Å². The van der Waals surface area contributed by atoms with Crippen LogP contribution in [0.5, 0.6) is 0 Å². The Hall–Kier alpha value is -3.76. The molecule has 3 aliphatic rings. The van der Waals surface area contributed by atoms with Gasteiger partial charge in [0.2, 0.25) is 22.8 Å². The number of aryl methyl sites for hydroxylation is 1. The lowest BCUT2D eigenvalue weighted by atomic mass is 10.1. The van der Waals surface area contributed by atoms with Crippen LogP contribution in [0.1, 0.15) is 36.3 Å². The summed E-state index contributed by atoms with van der Waals surface area (Å²) in [4.78, 5) is 24.7. The maximum Gasteiger partial charge on any atom is 0.232 e. The topological polar surface area (TPSA) is 122 Å². The highest BCUT2D eigenvalue weighted by Gasteiger charge is 2.53. The highest BCUT2D eigenvalue weighted by Crippen LogP contribution is 2.55. The molecular formula is C28H33N6O3S+. The number of carbonyl (C=O) groups is 2. The number of aromatic nitrogens is 2. The second kappa shape index (κ2) is 12.2. The third-order valence-electron chi connectivity index (χ3n) is 6.98. The van der Waals surface area contributed by atoms with Crippen molar-refractivity contribution in [2.75, 3.05) is 12.4 Å². The number of nitrogens with two attached hydrogens (primary N) is 1. The molecule has 2 heterocycles. The number of hydrogen-bond acceptors (Lipinski definition) is 7. The Bertz CT molecular complexity index is 1280. The molecule has 9 nitrogen and oxygen atoms in total. The standard InChI is InChI=1S/C28H32N6O3S/c1-37-22-12-7-11-20-21(27(20)22)17-25(36)30-28-34-33-26(38-28)13-6-5-10-19-14-15-23(32-31-19)29-24(35)16-18-8-3-2-4-9-18/h2-4,7-9,11-12,14-15,20-21,27,31-32H,5-6,10,13,16-17H2,1H3,(H,29,35)(H,30,34,36)/p+1. The first-order chi connectivity index (χ1) is 18.6. The number of hydrogen-bond donors (Lipinski definition) is 4. The predicted octanol–water partition coefficient (Wildman–Crippen LogP) is 2.71. The first kappa shape index (κ1) is 25.9. The number of nitrogens with zero attached hydrogens (tertiary/aromatic N) is 2. The third kappa shape index (κ3) is 6.76. The first-order valence-electron chi connectivity index (χ1n) is 13.0. The summed E-state index contributed by atoms with van der Waals surface area (Å²) in [5.41, 5.74) is 7.20. The number of methoxy groups -OCH3 is 1. The fraction of sp³-hybridized carbons (Fsp3) is 0.357. The molecule has 1 aromatic carbocycles. The van der Waals surface area contributed by atoms with Gasteiger partial charge < -0.3 is 10.1 Å². The normalized spacial score (nSPS) is 21.3. The van der Waals surface area contributed by atoms with Gasteiger partial charge in [-0.05, 0) is 48.8 Å². The summed E-state index contributed by atoms with van der Waals surface area (Å²) in [7, 11) is 1.68. The number of amides is 2. The largest absolute Gasteiger partial charge is 0.501 e. The van der Waals surface area contributed by atoms with Crippen molar-refractivity contribution in [2.24, 2.45) is 17.8 Å². The molecule has 0 saturated heterocycles. The number of fused-ring (bicyclic) bond motifs is 1. The van der Waals surface area contributed by atoms with Crippen molar-refractivity contribution in [2.45, 2.75) is 38.5 Å². The average molecular weight is 534 g/mol. The maximum atomic E-state index is 12.5. The second-order valence-electron chi connectivity index (χ2n) is 9.70. The molecule has 198 valence electrons. The lowest BCUT2D eigenvalue weighted by molar-refractivity contribution is -0.664. The van der Waals surface area contributed by atoms with Crippen molar-refractivity contribution < 1.29 is 19.8 Å². The molecule has 3 atom stereocenters. The zero-order valence-electron chi connectivity index (χ0n) is 21.4. The number of nitrogens with one attached hydrogen (secondary N) is 3. The molecule has 38 heavy (non-hydrogen) atoms. The summed E-state index contributed by atoms with van der Waals surface area (Å²) in [6, 6.07) is 9.70. The highest BCUT2D eigenvalue weighted by molar-refractivity contribution is 7.15. The van der Waals surface area contributed by atoms with Gasteiger partial charge in [0.15, 0.2) is 0 Å². The Morgan fingerprint density at radius 1 is 1.05 bits per heavy atom. The van der Waals surface area contributed by atoms with Gasteiger partial charge in [0, 0.05) is 24.8 Å². The zero-order valence-corrected chi connectivity index (χ0v) is 22.2. The van der Waals surface area contributed by atoms with E-state index in [0.29, 0.717) is 35.7 Å². The van der Waals surface area contributed by atoms with Crippen molar-refractivity contribution in [3.63, 3.8) is 0 Å². The van der Waals surface area contributed by atoms with Gasteiger partial charge >= 0.3 is 0 Å². The van der Waals surface area contributed by atoms with E-state index in [9.17, 15) is 9.59 Å². The lowest BCUT2D eigenvalue weighted by Gasteiger charge is -2.15. The fourth-order valence-electron chi connectivity index (χ4n) is 4.98. The Labute approximate surface area is 226 Å². The zero-order chi connectivity index (χ0) is 26.3. The summed E-state index contributed by atoms with van der Waals surface area (Å²) >= 11 is 1.44. The van der Waals surface area contributed by atoms with Gasteiger partial charge in [0.25, 0.3) is 0 Å². The van der Waals surface area contributed by atoms with Gasteiger partial charge in [-0.15, -0.1) is 10.2 Å². The average Bonchev–Trinajstić information content (AvgIpc) is 3.43. The third-order valence-corrected chi connectivity index (χ3v) is 7.88. The van der Waals surface area contributed by atoms with Crippen LogP contribution in [-0.2, 0) is 27.2 Å². The maximum absolute atomic E-state index is 12.5. The van der Waals surface area contributed by atoms with Crippen LogP contribution in [0, 0.1) is 17.8 Å². The van der Waals surface area contributed by atoms with Crippen LogP contribution in [0.15, 0.2) is 78.0 Å². The quantitative estimate of drug-likeness (QED) is 0.246. The van der Waals surface area contributed by atoms with Crippen molar-refractivity contribution >= 4 is 28.3 Å². The molecule has 2 amide bonds. The molecule has 3 unspecified atom stereocenters. The summed E-state index contributed by atoms with van der Waals surface area (Å²) in [6.07, 6.45) is 14.6. The SMILES string of the molecule is COC1=CC=CC2C(CC(=O)Nc3nnc(CCCCC4=CC=C(NC(=O)Cc5ccccc5)[NH2+]N4)s3)C12. The minimum atomic E-state index is -0.0370. The first-order valence-corrected chi connectivity index (χ1v) is 13.8. The van der Waals surface area contributed by atoms with Gasteiger partial charge in [-0.25, -0.2) is 5.43 Å². The van der Waals surface area contributed by atoms with Gasteiger partial charge in [-0.3, -0.25) is 14.9 Å².